The van der Waals surface area contributed by atoms with Crippen molar-refractivity contribution in [1.29, 1.82) is 0 Å². The monoisotopic (exact) mass is 210 g/mol. The molecule has 1 rings (SSSR count). The van der Waals surface area contributed by atoms with E-state index in [1.807, 2.05) is 30.3 Å². The molecule has 1 atom stereocenters. The first-order valence-corrected chi connectivity index (χ1v) is 4.40. The van der Waals surface area contributed by atoms with Gasteiger partial charge in [0, 0.05) is 6.04 Å². The van der Waals surface area contributed by atoms with Crippen LogP contribution >= 0.6 is 0 Å². The van der Waals surface area contributed by atoms with Gasteiger partial charge in [-0.25, -0.2) is 4.79 Å². The lowest BCUT2D eigenvalue weighted by molar-refractivity contribution is 0.149. The zero-order valence-electron chi connectivity index (χ0n) is 7.85. The van der Waals surface area contributed by atoms with Gasteiger partial charge < -0.3 is 16.2 Å². The lowest BCUT2D eigenvalue weighted by Crippen LogP contribution is -2.31. The summed E-state index contributed by atoms with van der Waals surface area (Å²) in [6.07, 6.45) is -0.109. The minimum atomic E-state index is -0.784. The Hall–Kier alpha value is -1.55. The molecule has 4 heteroatoms. The first-order valence-electron chi connectivity index (χ1n) is 4.40. The lowest BCUT2D eigenvalue weighted by Gasteiger charge is -2.10. The highest BCUT2D eigenvalue weighted by molar-refractivity contribution is 5.64. The predicted molar refractivity (Wildman–Crippen MR) is 60.4 cm³/mol. The third-order valence-corrected chi connectivity index (χ3v) is 1.78. The van der Waals surface area contributed by atoms with Crippen LogP contribution in [0, 0.1) is 0 Å². The summed E-state index contributed by atoms with van der Waals surface area (Å²) in [5.74, 6) is 0. The van der Waals surface area contributed by atoms with Crippen LogP contribution in [0.15, 0.2) is 30.3 Å². The summed E-state index contributed by atoms with van der Waals surface area (Å²) in [6.45, 7) is 0.157. The van der Waals surface area contributed by atoms with Crippen LogP contribution in [-0.2, 0) is 11.2 Å². The SMILES string of the molecule is C.NC(=O)OC[C@H](N)Cc1ccccc1. The highest BCUT2D eigenvalue weighted by Gasteiger charge is 2.05. The van der Waals surface area contributed by atoms with E-state index in [-0.39, 0.29) is 20.1 Å². The third-order valence-electron chi connectivity index (χ3n) is 1.78. The van der Waals surface area contributed by atoms with Crippen molar-refractivity contribution < 1.29 is 9.53 Å². The molecule has 0 saturated carbocycles. The van der Waals surface area contributed by atoms with Crippen molar-refractivity contribution >= 4 is 6.09 Å². The Morgan fingerprint density at radius 3 is 2.47 bits per heavy atom. The van der Waals surface area contributed by atoms with E-state index in [2.05, 4.69) is 4.74 Å². The summed E-state index contributed by atoms with van der Waals surface area (Å²) < 4.78 is 4.59. The zero-order chi connectivity index (χ0) is 10.4. The van der Waals surface area contributed by atoms with Gasteiger partial charge in [-0.1, -0.05) is 37.8 Å². The number of primary amides is 1. The molecule has 0 spiro atoms. The molecule has 0 aliphatic heterocycles. The summed E-state index contributed by atoms with van der Waals surface area (Å²) in [5.41, 5.74) is 11.7. The second-order valence-corrected chi connectivity index (χ2v) is 3.08. The van der Waals surface area contributed by atoms with E-state index in [9.17, 15) is 4.79 Å². The van der Waals surface area contributed by atoms with Gasteiger partial charge >= 0.3 is 6.09 Å². The molecule has 0 heterocycles. The Balaban J connectivity index is 0.00000196. The van der Waals surface area contributed by atoms with E-state index in [4.69, 9.17) is 11.5 Å². The Labute approximate surface area is 90.2 Å². The van der Waals surface area contributed by atoms with E-state index in [0.29, 0.717) is 6.42 Å². The largest absolute Gasteiger partial charge is 0.448 e. The minimum Gasteiger partial charge on any atom is -0.448 e. The fraction of sp³-hybridized carbons (Fsp3) is 0.364. The van der Waals surface area contributed by atoms with Crippen LogP contribution in [0.4, 0.5) is 4.79 Å². The van der Waals surface area contributed by atoms with E-state index in [0.717, 1.165) is 5.56 Å². The molecular weight excluding hydrogens is 192 g/mol. The minimum absolute atomic E-state index is 0. The van der Waals surface area contributed by atoms with Gasteiger partial charge in [0.15, 0.2) is 0 Å². The van der Waals surface area contributed by atoms with Crippen LogP contribution in [-0.4, -0.2) is 18.7 Å². The van der Waals surface area contributed by atoms with Crippen LogP contribution in [0.5, 0.6) is 0 Å². The molecule has 0 radical (unpaired) electrons. The number of benzene rings is 1. The highest BCUT2D eigenvalue weighted by atomic mass is 16.5. The molecule has 0 bridgehead atoms. The van der Waals surface area contributed by atoms with E-state index < -0.39 is 6.09 Å². The quantitative estimate of drug-likeness (QED) is 0.786. The normalized spacial score (nSPS) is 11.3. The number of rotatable bonds is 4. The number of hydrogen-bond acceptors (Lipinski definition) is 3. The molecule has 0 saturated heterocycles. The number of amides is 1. The summed E-state index contributed by atoms with van der Waals surface area (Å²) >= 11 is 0. The van der Waals surface area contributed by atoms with Crippen LogP contribution in [0.25, 0.3) is 0 Å². The number of ether oxygens (including phenoxy) is 1. The number of hydrogen-bond donors (Lipinski definition) is 2. The number of nitrogens with two attached hydrogens (primary N) is 2. The molecule has 0 fully saturated rings. The molecule has 0 unspecified atom stereocenters. The lowest BCUT2D eigenvalue weighted by atomic mass is 10.1. The summed E-state index contributed by atoms with van der Waals surface area (Å²) in [4.78, 5) is 10.3. The molecule has 0 aliphatic carbocycles. The van der Waals surface area contributed by atoms with Gasteiger partial charge in [-0.05, 0) is 12.0 Å². The first-order chi connectivity index (χ1) is 6.68. The molecule has 4 N–H and O–H groups in total. The average Bonchev–Trinajstić information content (AvgIpc) is 2.16. The smallest absolute Gasteiger partial charge is 0.404 e. The Bertz CT molecular complexity index is 288. The average molecular weight is 210 g/mol. The standard InChI is InChI=1S/C10H14N2O2.CH4/c11-9(7-14-10(12)13)6-8-4-2-1-3-5-8;/h1-5,9H,6-7,11H2,(H2,12,13);1H4/t9-;/m1./s1. The summed E-state index contributed by atoms with van der Waals surface area (Å²) in [5, 5.41) is 0. The van der Waals surface area contributed by atoms with Crippen molar-refractivity contribution in [3.05, 3.63) is 35.9 Å². The van der Waals surface area contributed by atoms with E-state index >= 15 is 0 Å². The van der Waals surface area contributed by atoms with Crippen LogP contribution in [0.1, 0.15) is 13.0 Å². The molecule has 1 amide bonds. The maximum absolute atomic E-state index is 10.3. The molecular formula is C11H18N2O2. The van der Waals surface area contributed by atoms with E-state index in [1.54, 1.807) is 0 Å². The second-order valence-electron chi connectivity index (χ2n) is 3.08. The second kappa shape index (κ2) is 6.84. The first kappa shape index (κ1) is 13.4. The van der Waals surface area contributed by atoms with Gasteiger partial charge in [0.25, 0.3) is 0 Å². The molecule has 0 aliphatic rings. The van der Waals surface area contributed by atoms with Crippen LogP contribution in [0.3, 0.4) is 0 Å². The fourth-order valence-electron chi connectivity index (χ4n) is 1.16. The molecule has 84 valence electrons. The van der Waals surface area contributed by atoms with Crippen molar-refractivity contribution in [3.8, 4) is 0 Å². The topological polar surface area (TPSA) is 78.3 Å². The van der Waals surface area contributed by atoms with Crippen LogP contribution < -0.4 is 11.5 Å². The predicted octanol–water partition coefficient (Wildman–Crippen LogP) is 1.29. The van der Waals surface area contributed by atoms with Gasteiger partial charge in [-0.3, -0.25) is 0 Å². The van der Waals surface area contributed by atoms with E-state index in [1.165, 1.54) is 0 Å². The molecule has 1 aromatic rings. The molecule has 15 heavy (non-hydrogen) atoms. The van der Waals surface area contributed by atoms with Crippen molar-refractivity contribution in [3.63, 3.8) is 0 Å². The van der Waals surface area contributed by atoms with Gasteiger partial charge in [-0.2, -0.15) is 0 Å². The van der Waals surface area contributed by atoms with Crippen LogP contribution in [0.2, 0.25) is 0 Å². The third kappa shape index (κ3) is 5.70. The van der Waals surface area contributed by atoms with Crippen molar-refractivity contribution in [2.75, 3.05) is 6.61 Å². The van der Waals surface area contributed by atoms with Gasteiger partial charge in [0.1, 0.15) is 6.61 Å². The maximum Gasteiger partial charge on any atom is 0.404 e. The summed E-state index contributed by atoms with van der Waals surface area (Å²) in [7, 11) is 0. The number of carbonyl (C=O) groups excluding carboxylic acids is 1. The zero-order valence-corrected chi connectivity index (χ0v) is 7.85. The molecule has 1 aromatic carbocycles. The van der Waals surface area contributed by atoms with Crippen molar-refractivity contribution in [1.82, 2.24) is 0 Å². The van der Waals surface area contributed by atoms with Crippen molar-refractivity contribution in [2.24, 2.45) is 11.5 Å². The fourth-order valence-corrected chi connectivity index (χ4v) is 1.16. The molecule has 0 aromatic heterocycles. The maximum atomic E-state index is 10.3. The Morgan fingerprint density at radius 1 is 1.33 bits per heavy atom. The van der Waals surface area contributed by atoms with Gasteiger partial charge in [0.2, 0.25) is 0 Å². The highest BCUT2D eigenvalue weighted by Crippen LogP contribution is 2.01. The van der Waals surface area contributed by atoms with Gasteiger partial charge in [0.05, 0.1) is 0 Å². The summed E-state index contributed by atoms with van der Waals surface area (Å²) in [6, 6.07) is 9.57. The molecule has 4 nitrogen and oxygen atoms in total. The number of carbonyl (C=O) groups is 1. The van der Waals surface area contributed by atoms with Crippen molar-refractivity contribution in [2.45, 2.75) is 19.9 Å². The Morgan fingerprint density at radius 2 is 1.93 bits per heavy atom. The Kier molecular flexibility index (Phi) is 6.13. The van der Waals surface area contributed by atoms with Gasteiger partial charge in [-0.15, -0.1) is 0 Å².